The minimum absolute atomic E-state index is 0.0455. The van der Waals surface area contributed by atoms with Gasteiger partial charge >= 0.3 is 0 Å². The van der Waals surface area contributed by atoms with Gasteiger partial charge in [0, 0.05) is 0 Å². The van der Waals surface area contributed by atoms with Crippen LogP contribution in [0.15, 0.2) is 9.85 Å². The first-order chi connectivity index (χ1) is 4.58. The van der Waals surface area contributed by atoms with Crippen LogP contribution in [0.3, 0.4) is 0 Å². The third kappa shape index (κ3) is 2.87. The van der Waals surface area contributed by atoms with E-state index in [0.717, 1.165) is 11.3 Å². The van der Waals surface area contributed by atoms with Gasteiger partial charge in [0.05, 0.1) is 0 Å². The molecule has 10 heavy (non-hydrogen) atoms. The highest BCUT2D eigenvalue weighted by Crippen LogP contribution is 2.33. The molecule has 0 aliphatic heterocycles. The molecule has 0 radical (unpaired) electrons. The molecular weight excluding hydrogens is 195 g/mol. The maximum atomic E-state index is 8.54. The standard InChI is InChI=1S/C2H5N2O3PS2/c5-8(6,7)10-2-4-3-1-9-2/h1,5-7,10H. The van der Waals surface area contributed by atoms with Crippen molar-refractivity contribution in [1.29, 1.82) is 0 Å². The fraction of sp³-hybridized carbons (Fsp3) is 0. The highest BCUT2D eigenvalue weighted by atomic mass is 32.5. The highest BCUT2D eigenvalue weighted by Gasteiger charge is 2.02. The summed E-state index contributed by atoms with van der Waals surface area (Å²) in [5, 5.41) is 6.96. The fourth-order valence-electron chi connectivity index (χ4n) is 0.326. The topological polar surface area (TPSA) is 86.5 Å². The van der Waals surface area contributed by atoms with E-state index in [1.54, 1.807) is 0 Å². The lowest BCUT2D eigenvalue weighted by Gasteiger charge is -1.97. The maximum Gasteiger partial charge on any atom is 0.280 e. The van der Waals surface area contributed by atoms with Crippen LogP contribution in [0.2, 0.25) is 0 Å². The SMILES string of the molecule is OP(O)(O)=[SH]c1nncs1. The van der Waals surface area contributed by atoms with Gasteiger partial charge < -0.3 is 14.7 Å². The van der Waals surface area contributed by atoms with Crippen LogP contribution >= 0.6 is 18.1 Å². The molecule has 0 bridgehead atoms. The molecule has 0 aliphatic rings. The molecule has 58 valence electrons. The molecular formula is C2H5N2O3PS2. The van der Waals surface area contributed by atoms with E-state index in [1.807, 2.05) is 0 Å². The normalized spacial score (nSPS) is 11.9. The number of aromatic nitrogens is 2. The molecule has 0 unspecified atom stereocenters. The van der Waals surface area contributed by atoms with Crippen LogP contribution in [-0.4, -0.2) is 24.9 Å². The van der Waals surface area contributed by atoms with E-state index in [1.165, 1.54) is 5.51 Å². The van der Waals surface area contributed by atoms with Crippen LogP contribution in [0.25, 0.3) is 0 Å². The Hall–Kier alpha value is 0.220. The van der Waals surface area contributed by atoms with E-state index in [2.05, 4.69) is 10.2 Å². The summed E-state index contributed by atoms with van der Waals surface area (Å²) in [5.74, 6) is 0. The number of nitrogens with zero attached hydrogens (tertiary/aromatic N) is 2. The quantitative estimate of drug-likeness (QED) is 0.358. The Kier molecular flexibility index (Phi) is 2.56. The average Bonchev–Trinajstić information content (AvgIpc) is 2.12. The van der Waals surface area contributed by atoms with E-state index in [4.69, 9.17) is 14.7 Å². The van der Waals surface area contributed by atoms with Crippen molar-refractivity contribution < 1.29 is 14.7 Å². The van der Waals surface area contributed by atoms with Crippen LogP contribution in [0.5, 0.6) is 0 Å². The molecule has 1 aromatic rings. The zero-order valence-electron chi connectivity index (χ0n) is 4.62. The van der Waals surface area contributed by atoms with Gasteiger partial charge in [-0.25, -0.2) is 0 Å². The largest absolute Gasteiger partial charge is 0.328 e. The Bertz CT molecular complexity index is 245. The molecule has 1 aromatic heterocycles. The molecule has 0 saturated heterocycles. The summed E-state index contributed by atoms with van der Waals surface area (Å²) in [7, 11) is 0.0455. The molecule has 0 aliphatic carbocycles. The van der Waals surface area contributed by atoms with Crippen molar-refractivity contribution in [2.45, 2.75) is 4.34 Å². The van der Waals surface area contributed by atoms with Crippen LogP contribution in [0.4, 0.5) is 0 Å². The molecule has 0 fully saturated rings. The third-order valence-electron chi connectivity index (χ3n) is 0.568. The molecule has 1 heterocycles. The van der Waals surface area contributed by atoms with E-state index < -0.39 is 6.72 Å². The lowest BCUT2D eigenvalue weighted by atomic mass is 11.6. The summed E-state index contributed by atoms with van der Waals surface area (Å²) < 4.78 is 0.404. The number of thiol groups is 1. The third-order valence-corrected chi connectivity index (χ3v) is 3.96. The summed E-state index contributed by atoms with van der Waals surface area (Å²) in [4.78, 5) is 25.6. The van der Waals surface area contributed by atoms with Gasteiger partial charge in [0.15, 0.2) is 4.34 Å². The first kappa shape index (κ1) is 8.32. The van der Waals surface area contributed by atoms with Crippen molar-refractivity contribution >= 4 is 29.0 Å². The molecule has 3 N–H and O–H groups in total. The Balaban J connectivity index is 2.92. The molecule has 8 heteroatoms. The zero-order valence-corrected chi connectivity index (χ0v) is 7.22. The van der Waals surface area contributed by atoms with Crippen molar-refractivity contribution in [1.82, 2.24) is 10.2 Å². The number of rotatable bonds is 1. The molecule has 5 nitrogen and oxygen atoms in total. The van der Waals surface area contributed by atoms with Gasteiger partial charge in [0.1, 0.15) is 5.51 Å². The van der Waals surface area contributed by atoms with Gasteiger partial charge in [0.25, 0.3) is 6.72 Å². The summed E-state index contributed by atoms with van der Waals surface area (Å²) in [6.07, 6.45) is 0. The van der Waals surface area contributed by atoms with Crippen molar-refractivity contribution in [2.75, 3.05) is 0 Å². The first-order valence-electron chi connectivity index (χ1n) is 2.15. The summed E-state index contributed by atoms with van der Waals surface area (Å²) in [5.41, 5.74) is 1.46. The Morgan fingerprint density at radius 2 is 2.20 bits per heavy atom. The predicted octanol–water partition coefficient (Wildman–Crippen LogP) is -0.634. The summed E-state index contributed by atoms with van der Waals surface area (Å²) >= 11 is 1.16. The lowest BCUT2D eigenvalue weighted by Crippen LogP contribution is -1.78. The lowest BCUT2D eigenvalue weighted by molar-refractivity contribution is 0.363. The second-order valence-electron chi connectivity index (χ2n) is 1.36. The van der Waals surface area contributed by atoms with E-state index in [9.17, 15) is 0 Å². The minimum atomic E-state index is -3.72. The maximum absolute atomic E-state index is 8.54. The minimum Gasteiger partial charge on any atom is -0.328 e. The Morgan fingerprint density at radius 1 is 1.50 bits per heavy atom. The monoisotopic (exact) mass is 200 g/mol. The van der Waals surface area contributed by atoms with Crippen molar-refractivity contribution in [3.63, 3.8) is 0 Å². The van der Waals surface area contributed by atoms with E-state index in [-0.39, 0.29) is 10.9 Å². The highest BCUT2D eigenvalue weighted by molar-refractivity contribution is 8.17. The van der Waals surface area contributed by atoms with Crippen molar-refractivity contribution in [2.24, 2.45) is 0 Å². The fourth-order valence-corrected chi connectivity index (χ4v) is 3.48. The van der Waals surface area contributed by atoms with Gasteiger partial charge in [-0.05, 0) is 0 Å². The summed E-state index contributed by atoms with van der Waals surface area (Å²) in [6.45, 7) is -3.72. The molecule has 1 rings (SSSR count). The number of hydrogen-bond acceptors (Lipinski definition) is 3. The number of hydrogen-bond donors (Lipinski definition) is 4. The predicted molar refractivity (Wildman–Crippen MR) is 40.5 cm³/mol. The zero-order chi connectivity index (χ0) is 7.61. The van der Waals surface area contributed by atoms with Gasteiger partial charge in [-0.3, -0.25) is 0 Å². The second kappa shape index (κ2) is 3.08. The molecule has 0 amide bonds. The molecule has 0 saturated carbocycles. The van der Waals surface area contributed by atoms with Gasteiger partial charge in [-0.1, -0.05) is 22.3 Å². The van der Waals surface area contributed by atoms with Crippen LogP contribution in [-0.2, 0) is 10.9 Å². The van der Waals surface area contributed by atoms with Crippen LogP contribution in [0, 0.1) is 0 Å². The van der Waals surface area contributed by atoms with Crippen LogP contribution in [0.1, 0.15) is 0 Å². The molecule has 0 aromatic carbocycles. The van der Waals surface area contributed by atoms with Gasteiger partial charge in [-0.2, -0.15) is 0 Å². The van der Waals surface area contributed by atoms with Gasteiger partial charge in [-0.15, -0.1) is 10.2 Å². The van der Waals surface area contributed by atoms with Crippen molar-refractivity contribution in [3.05, 3.63) is 5.51 Å². The second-order valence-corrected chi connectivity index (χ2v) is 6.40. The van der Waals surface area contributed by atoms with E-state index in [0.29, 0.717) is 4.34 Å². The van der Waals surface area contributed by atoms with E-state index >= 15 is 0 Å². The van der Waals surface area contributed by atoms with Gasteiger partial charge in [0.2, 0.25) is 0 Å². The first-order valence-corrected chi connectivity index (χ1v) is 6.27. The van der Waals surface area contributed by atoms with Crippen molar-refractivity contribution in [3.8, 4) is 0 Å². The molecule has 0 atom stereocenters. The smallest absolute Gasteiger partial charge is 0.280 e. The average molecular weight is 200 g/mol. The summed E-state index contributed by atoms with van der Waals surface area (Å²) in [6, 6.07) is 0. The Labute approximate surface area is 64.2 Å². The Morgan fingerprint density at radius 3 is 2.60 bits per heavy atom. The van der Waals surface area contributed by atoms with Crippen LogP contribution < -0.4 is 0 Å². The molecule has 0 spiro atoms.